The average molecular weight is 305 g/mol. The number of carbonyl (C=O) groups is 2. The summed E-state index contributed by atoms with van der Waals surface area (Å²) in [5.74, 6) is 0.0247. The van der Waals surface area contributed by atoms with Gasteiger partial charge in [-0.15, -0.1) is 0 Å². The topological polar surface area (TPSA) is 37.4 Å². The third-order valence-corrected chi connectivity index (χ3v) is 4.05. The first-order valence-electron chi connectivity index (χ1n) is 7.80. The Kier molecular flexibility index (Phi) is 4.38. The lowest BCUT2D eigenvalue weighted by atomic mass is 10.0. The van der Waals surface area contributed by atoms with Gasteiger partial charge in [-0.05, 0) is 29.7 Å². The van der Waals surface area contributed by atoms with E-state index in [1.807, 2.05) is 48.5 Å². The van der Waals surface area contributed by atoms with Crippen LogP contribution in [0.15, 0.2) is 48.5 Å². The number of hydrogen-bond donors (Lipinski definition) is 0. The molecule has 0 aromatic heterocycles. The van der Waals surface area contributed by atoms with Crippen LogP contribution >= 0.6 is 0 Å². The van der Waals surface area contributed by atoms with Gasteiger partial charge >= 0.3 is 0 Å². The number of amides is 1. The highest BCUT2D eigenvalue weighted by Gasteiger charge is 2.20. The van der Waals surface area contributed by atoms with Gasteiger partial charge in [-0.3, -0.25) is 4.79 Å². The molecule has 0 aliphatic carbocycles. The summed E-state index contributed by atoms with van der Waals surface area (Å²) in [5.41, 5.74) is 4.13. The minimum Gasteiger partial charge on any atom is -0.307 e. The van der Waals surface area contributed by atoms with E-state index < -0.39 is 0 Å². The zero-order valence-corrected chi connectivity index (χ0v) is 13.2. The molecule has 1 aliphatic heterocycles. The summed E-state index contributed by atoms with van der Waals surface area (Å²) in [4.78, 5) is 25.7. The Labute approximate surface area is 136 Å². The first-order chi connectivity index (χ1) is 11.1. The monoisotopic (exact) mass is 305 g/mol. The summed E-state index contributed by atoms with van der Waals surface area (Å²) >= 11 is 0. The van der Waals surface area contributed by atoms with Gasteiger partial charge in [0.25, 0.3) is 0 Å². The van der Waals surface area contributed by atoms with Gasteiger partial charge in [-0.25, -0.2) is 0 Å². The molecule has 3 heteroatoms. The molecular weight excluding hydrogens is 286 g/mol. The number of ketones is 1. The van der Waals surface area contributed by atoms with Gasteiger partial charge in [-0.1, -0.05) is 54.6 Å². The van der Waals surface area contributed by atoms with Gasteiger partial charge in [0, 0.05) is 12.8 Å². The fourth-order valence-corrected chi connectivity index (χ4v) is 2.79. The zero-order chi connectivity index (χ0) is 16.2. The Morgan fingerprint density at radius 2 is 1.57 bits per heavy atom. The molecule has 116 valence electrons. The lowest BCUT2D eigenvalue weighted by molar-refractivity contribution is -0.123. The second-order valence-electron chi connectivity index (χ2n) is 5.77. The van der Waals surface area contributed by atoms with Crippen LogP contribution in [0.1, 0.15) is 36.5 Å². The van der Waals surface area contributed by atoms with E-state index in [4.69, 9.17) is 0 Å². The number of fused-ring (bicyclic) bond motifs is 2. The molecule has 0 bridgehead atoms. The van der Waals surface area contributed by atoms with Crippen molar-refractivity contribution in [2.75, 3.05) is 4.90 Å². The predicted octanol–water partition coefficient (Wildman–Crippen LogP) is 4.07. The molecule has 0 fully saturated rings. The fourth-order valence-electron chi connectivity index (χ4n) is 2.79. The molecule has 2 aromatic carbocycles. The van der Waals surface area contributed by atoms with E-state index in [0.29, 0.717) is 6.54 Å². The third kappa shape index (κ3) is 3.39. The lowest BCUT2D eigenvalue weighted by Gasteiger charge is -2.27. The summed E-state index contributed by atoms with van der Waals surface area (Å²) in [7, 11) is 0. The maximum Gasteiger partial charge on any atom is 0.227 e. The summed E-state index contributed by atoms with van der Waals surface area (Å²) in [6.07, 6.45) is 4.66. The Morgan fingerprint density at radius 1 is 0.913 bits per heavy atom. The van der Waals surface area contributed by atoms with Crippen molar-refractivity contribution in [1.82, 2.24) is 0 Å². The number of benzene rings is 2. The highest BCUT2D eigenvalue weighted by molar-refractivity contribution is 5.98. The molecule has 3 rings (SSSR count). The molecule has 0 atom stereocenters. The Morgan fingerprint density at radius 3 is 2.35 bits per heavy atom. The number of rotatable bonds is 3. The van der Waals surface area contributed by atoms with Crippen LogP contribution in [-0.4, -0.2) is 11.7 Å². The third-order valence-electron chi connectivity index (χ3n) is 4.05. The van der Waals surface area contributed by atoms with Crippen molar-refractivity contribution >= 4 is 29.5 Å². The van der Waals surface area contributed by atoms with Crippen molar-refractivity contribution in [3.05, 3.63) is 65.2 Å². The van der Waals surface area contributed by atoms with E-state index in [0.717, 1.165) is 22.4 Å². The highest BCUT2D eigenvalue weighted by atomic mass is 16.2. The molecule has 3 nitrogen and oxygen atoms in total. The molecule has 1 aliphatic rings. The van der Waals surface area contributed by atoms with Gasteiger partial charge in [0.15, 0.2) is 0 Å². The summed E-state index contributed by atoms with van der Waals surface area (Å²) in [5, 5.41) is 0. The van der Waals surface area contributed by atoms with Gasteiger partial charge in [0.2, 0.25) is 5.91 Å². The molecule has 0 radical (unpaired) electrons. The van der Waals surface area contributed by atoms with Crippen molar-refractivity contribution in [3.8, 4) is 0 Å². The van der Waals surface area contributed by atoms with Crippen LogP contribution < -0.4 is 4.90 Å². The maximum absolute atomic E-state index is 12.7. The molecule has 23 heavy (non-hydrogen) atoms. The van der Waals surface area contributed by atoms with Crippen LogP contribution in [0.2, 0.25) is 0 Å². The van der Waals surface area contributed by atoms with Crippen LogP contribution in [0.3, 0.4) is 0 Å². The van der Waals surface area contributed by atoms with Crippen LogP contribution in [-0.2, 0) is 16.1 Å². The smallest absolute Gasteiger partial charge is 0.227 e. The van der Waals surface area contributed by atoms with E-state index in [1.165, 1.54) is 6.92 Å². The van der Waals surface area contributed by atoms with E-state index >= 15 is 0 Å². The number of para-hydroxylation sites is 1. The first kappa shape index (κ1) is 15.2. The van der Waals surface area contributed by atoms with Crippen molar-refractivity contribution in [3.63, 3.8) is 0 Å². The lowest BCUT2D eigenvalue weighted by Crippen LogP contribution is -2.31. The average Bonchev–Trinajstić information content (AvgIpc) is 2.55. The van der Waals surface area contributed by atoms with Crippen molar-refractivity contribution < 1.29 is 9.59 Å². The second-order valence-corrected chi connectivity index (χ2v) is 5.77. The van der Waals surface area contributed by atoms with Crippen molar-refractivity contribution in [1.29, 1.82) is 0 Å². The van der Waals surface area contributed by atoms with Gasteiger partial charge in [0.1, 0.15) is 5.78 Å². The largest absolute Gasteiger partial charge is 0.307 e. The Bertz CT molecular complexity index is 777. The standard InChI is InChI=1S/C20H19NO2/c1-15(22)10-13-20(23)21-14-18-8-3-2-6-16(18)11-12-17-7-4-5-9-19(17)21/h2-9,11-12H,10,13-14H2,1H3/b12-11-. The SMILES string of the molecule is CC(=O)CCC(=O)N1Cc2ccccc2/C=C\c2ccccc21. The molecule has 0 saturated carbocycles. The van der Waals surface area contributed by atoms with E-state index in [2.05, 4.69) is 12.1 Å². The van der Waals surface area contributed by atoms with E-state index in [1.54, 1.807) is 4.90 Å². The molecule has 2 aromatic rings. The van der Waals surface area contributed by atoms with E-state index in [-0.39, 0.29) is 24.5 Å². The number of hydrogen-bond acceptors (Lipinski definition) is 2. The zero-order valence-electron chi connectivity index (χ0n) is 13.2. The quantitative estimate of drug-likeness (QED) is 0.857. The Balaban J connectivity index is 2.02. The molecular formula is C20H19NO2. The summed E-state index contributed by atoms with van der Waals surface area (Å²) < 4.78 is 0. The molecule has 0 spiro atoms. The minimum atomic E-state index is -0.0160. The fraction of sp³-hybridized carbons (Fsp3) is 0.200. The van der Waals surface area contributed by atoms with Crippen LogP contribution in [0.25, 0.3) is 12.2 Å². The maximum atomic E-state index is 12.7. The minimum absolute atomic E-state index is 0.0160. The molecule has 1 heterocycles. The van der Waals surface area contributed by atoms with Crippen molar-refractivity contribution in [2.24, 2.45) is 0 Å². The number of anilines is 1. The van der Waals surface area contributed by atoms with Crippen LogP contribution in [0.4, 0.5) is 5.69 Å². The molecule has 0 N–H and O–H groups in total. The van der Waals surface area contributed by atoms with Gasteiger partial charge in [0.05, 0.1) is 12.2 Å². The number of carbonyl (C=O) groups excluding carboxylic acids is 2. The predicted molar refractivity (Wildman–Crippen MR) is 92.9 cm³/mol. The first-order valence-corrected chi connectivity index (χ1v) is 7.80. The summed E-state index contributed by atoms with van der Waals surface area (Å²) in [6, 6.07) is 15.9. The molecule has 0 saturated heterocycles. The second kappa shape index (κ2) is 6.61. The summed E-state index contributed by atoms with van der Waals surface area (Å²) in [6.45, 7) is 2.04. The van der Waals surface area contributed by atoms with Crippen LogP contribution in [0, 0.1) is 0 Å². The number of nitrogens with zero attached hydrogens (tertiary/aromatic N) is 1. The molecule has 0 unspecified atom stereocenters. The highest BCUT2D eigenvalue weighted by Crippen LogP contribution is 2.29. The van der Waals surface area contributed by atoms with Gasteiger partial charge < -0.3 is 9.69 Å². The number of Topliss-reactive ketones (excluding diaryl/α,β-unsaturated/α-hetero) is 1. The Hall–Kier alpha value is -2.68. The normalized spacial score (nSPS) is 14.2. The van der Waals surface area contributed by atoms with Crippen molar-refractivity contribution in [2.45, 2.75) is 26.3 Å². The molecule has 1 amide bonds. The van der Waals surface area contributed by atoms with Gasteiger partial charge in [-0.2, -0.15) is 0 Å². The van der Waals surface area contributed by atoms with E-state index in [9.17, 15) is 9.59 Å². The van der Waals surface area contributed by atoms with Crippen LogP contribution in [0.5, 0.6) is 0 Å².